The van der Waals surface area contributed by atoms with Crippen LogP contribution in [0.15, 0.2) is 87.2 Å². The second-order valence-electron chi connectivity index (χ2n) is 9.84. The molecule has 0 radical (unpaired) electrons. The second kappa shape index (κ2) is 13.5. The lowest BCUT2D eigenvalue weighted by atomic mass is 10.1. The van der Waals surface area contributed by atoms with Crippen LogP contribution in [0.2, 0.25) is 10.0 Å². The number of carbonyl (C=O) groups excluding carboxylic acids is 1. The van der Waals surface area contributed by atoms with E-state index in [-0.39, 0.29) is 18.1 Å². The highest BCUT2D eigenvalue weighted by molar-refractivity contribution is 9.10. The Kier molecular flexibility index (Phi) is 9.70. The molecule has 1 N–H and O–H groups in total. The van der Waals surface area contributed by atoms with E-state index in [1.807, 2.05) is 44.2 Å². The van der Waals surface area contributed by atoms with E-state index in [1.54, 1.807) is 36.4 Å². The minimum Gasteiger partial charge on any atom is -0.493 e. The van der Waals surface area contributed by atoms with Gasteiger partial charge in [-0.25, -0.2) is 9.79 Å². The first-order chi connectivity index (χ1) is 21.0. The van der Waals surface area contributed by atoms with Gasteiger partial charge in [-0.3, -0.25) is 9.69 Å². The lowest BCUT2D eigenvalue weighted by Crippen LogP contribution is -2.28. The van der Waals surface area contributed by atoms with Crippen molar-refractivity contribution in [3.05, 3.63) is 120 Å². The van der Waals surface area contributed by atoms with Crippen LogP contribution in [0.3, 0.4) is 0 Å². The van der Waals surface area contributed by atoms with Gasteiger partial charge in [-0.15, -0.1) is 0 Å². The molecular formula is C33H25BrCl2N2O5S. The summed E-state index contributed by atoms with van der Waals surface area (Å²) < 4.78 is 12.3. The number of nitrogens with zero attached hydrogens (tertiary/aromatic N) is 2. The van der Waals surface area contributed by atoms with E-state index in [0.717, 1.165) is 16.7 Å². The SMILES string of the molecule is COc1cc(/C=C2/SC(=Nc3ccc(C)c(Cl)c3)N(c3ccc(C)c(Cl)c3)C2=O)cc(Br)c1OCc1ccc(C(=O)O)cc1. The van der Waals surface area contributed by atoms with Crippen molar-refractivity contribution in [2.45, 2.75) is 20.5 Å². The topological polar surface area (TPSA) is 88.4 Å². The lowest BCUT2D eigenvalue weighted by Gasteiger charge is -2.17. The fourth-order valence-corrected chi connectivity index (χ4v) is 6.20. The molecule has 0 bridgehead atoms. The van der Waals surface area contributed by atoms with Crippen molar-refractivity contribution in [2.75, 3.05) is 12.0 Å². The maximum absolute atomic E-state index is 13.8. The molecule has 1 saturated heterocycles. The van der Waals surface area contributed by atoms with Gasteiger partial charge in [0.2, 0.25) is 0 Å². The number of hydrogen-bond acceptors (Lipinski definition) is 6. The van der Waals surface area contributed by atoms with Gasteiger partial charge in [0.25, 0.3) is 5.91 Å². The third-order valence-corrected chi connectivity index (χ3v) is 9.11. The third-order valence-electron chi connectivity index (χ3n) is 6.73. The molecular weight excluding hydrogens is 687 g/mol. The molecule has 0 atom stereocenters. The Labute approximate surface area is 277 Å². The van der Waals surface area contributed by atoms with Crippen molar-refractivity contribution in [1.29, 1.82) is 0 Å². The van der Waals surface area contributed by atoms with Gasteiger partial charge in [0.15, 0.2) is 16.7 Å². The number of amidine groups is 1. The summed E-state index contributed by atoms with van der Waals surface area (Å²) in [5.74, 6) is -0.327. The first-order valence-electron chi connectivity index (χ1n) is 13.2. The number of benzene rings is 4. The van der Waals surface area contributed by atoms with E-state index >= 15 is 0 Å². The number of aryl methyl sites for hydroxylation is 2. The molecule has 5 rings (SSSR count). The first-order valence-corrected chi connectivity index (χ1v) is 15.6. The number of aromatic carboxylic acids is 1. The molecule has 4 aromatic carbocycles. The van der Waals surface area contributed by atoms with Crippen LogP contribution in [0, 0.1) is 13.8 Å². The first kappa shape index (κ1) is 31.7. The third kappa shape index (κ3) is 6.97. The molecule has 4 aromatic rings. The monoisotopic (exact) mass is 710 g/mol. The molecule has 1 aliphatic heterocycles. The van der Waals surface area contributed by atoms with Crippen LogP contribution in [0.1, 0.15) is 32.6 Å². The van der Waals surface area contributed by atoms with Crippen molar-refractivity contribution in [3.8, 4) is 11.5 Å². The van der Waals surface area contributed by atoms with Crippen molar-refractivity contribution in [1.82, 2.24) is 0 Å². The van der Waals surface area contributed by atoms with Gasteiger partial charge in [0.05, 0.1) is 33.4 Å². The zero-order valence-corrected chi connectivity index (χ0v) is 27.6. The molecule has 7 nitrogen and oxygen atoms in total. The van der Waals surface area contributed by atoms with Crippen LogP contribution in [0.25, 0.3) is 6.08 Å². The Morgan fingerprint density at radius 3 is 2.32 bits per heavy atom. The largest absolute Gasteiger partial charge is 0.493 e. The summed E-state index contributed by atoms with van der Waals surface area (Å²) in [6, 6.07) is 21.0. The van der Waals surface area contributed by atoms with E-state index in [2.05, 4.69) is 15.9 Å². The number of ether oxygens (including phenoxy) is 2. The minimum absolute atomic E-state index is 0.195. The summed E-state index contributed by atoms with van der Waals surface area (Å²) in [6.45, 7) is 4.01. The van der Waals surface area contributed by atoms with Gasteiger partial charge in [-0.05, 0) is 118 Å². The van der Waals surface area contributed by atoms with Crippen LogP contribution in [-0.2, 0) is 11.4 Å². The average Bonchev–Trinajstić information content (AvgIpc) is 3.29. The molecule has 0 unspecified atom stereocenters. The van der Waals surface area contributed by atoms with Gasteiger partial charge in [0.1, 0.15) is 6.61 Å². The van der Waals surface area contributed by atoms with Gasteiger partial charge >= 0.3 is 5.97 Å². The normalized spacial score (nSPS) is 14.9. The predicted octanol–water partition coefficient (Wildman–Crippen LogP) is 9.47. The standard InChI is InChI=1S/C33H25BrCl2N2O5S/c1-18-4-10-23(15-26(18)35)37-33-38(24-11-5-19(2)27(36)16-24)31(39)29(44-33)14-21-12-25(34)30(28(13-21)42-3)43-17-20-6-8-22(9-7-20)32(40)41/h4-16H,17H2,1-3H3,(H,40,41)/b29-14+,37-33?. The quantitative estimate of drug-likeness (QED) is 0.183. The lowest BCUT2D eigenvalue weighted by molar-refractivity contribution is -0.113. The van der Waals surface area contributed by atoms with Crippen molar-refractivity contribution in [2.24, 2.45) is 4.99 Å². The molecule has 0 saturated carbocycles. The van der Waals surface area contributed by atoms with Gasteiger partial charge in [-0.2, -0.15) is 0 Å². The molecule has 1 amide bonds. The number of hydrogen-bond donors (Lipinski definition) is 1. The van der Waals surface area contributed by atoms with Crippen LogP contribution >= 0.6 is 50.9 Å². The molecule has 0 spiro atoms. The van der Waals surface area contributed by atoms with E-state index in [0.29, 0.717) is 53.0 Å². The van der Waals surface area contributed by atoms with E-state index in [9.17, 15) is 9.59 Å². The average molecular weight is 712 g/mol. The molecule has 1 aliphatic rings. The van der Waals surface area contributed by atoms with Crippen molar-refractivity contribution >= 4 is 85.4 Å². The van der Waals surface area contributed by atoms with Gasteiger partial charge in [-0.1, -0.05) is 47.5 Å². The van der Waals surface area contributed by atoms with E-state index < -0.39 is 5.97 Å². The Bertz CT molecular complexity index is 1840. The molecule has 0 aromatic heterocycles. The van der Waals surface area contributed by atoms with Crippen LogP contribution < -0.4 is 14.4 Å². The number of carbonyl (C=O) groups is 2. The summed E-state index contributed by atoms with van der Waals surface area (Å²) in [4.78, 5) is 31.7. The Balaban J connectivity index is 1.47. The van der Waals surface area contributed by atoms with Crippen LogP contribution in [0.5, 0.6) is 11.5 Å². The molecule has 44 heavy (non-hydrogen) atoms. The number of rotatable bonds is 8. The van der Waals surface area contributed by atoms with Gasteiger partial charge < -0.3 is 14.6 Å². The van der Waals surface area contributed by atoms with Gasteiger partial charge in [0, 0.05) is 10.0 Å². The Hall–Kier alpha value is -3.76. The number of thioether (sulfide) groups is 1. The fraction of sp³-hybridized carbons (Fsp3) is 0.121. The Morgan fingerprint density at radius 2 is 1.68 bits per heavy atom. The fourth-order valence-electron chi connectivity index (χ4n) is 4.27. The van der Waals surface area contributed by atoms with Crippen LogP contribution in [-0.4, -0.2) is 29.3 Å². The van der Waals surface area contributed by atoms with Crippen molar-refractivity contribution < 1.29 is 24.2 Å². The zero-order valence-electron chi connectivity index (χ0n) is 23.7. The highest BCUT2D eigenvalue weighted by atomic mass is 79.9. The highest BCUT2D eigenvalue weighted by Crippen LogP contribution is 2.41. The smallest absolute Gasteiger partial charge is 0.335 e. The predicted molar refractivity (Wildman–Crippen MR) is 181 cm³/mol. The van der Waals surface area contributed by atoms with Crippen molar-refractivity contribution in [3.63, 3.8) is 0 Å². The molecule has 0 aliphatic carbocycles. The summed E-state index contributed by atoms with van der Waals surface area (Å²) in [6.07, 6.45) is 1.77. The number of anilines is 1. The minimum atomic E-state index is -0.991. The second-order valence-corrected chi connectivity index (χ2v) is 12.5. The number of halogens is 3. The summed E-state index contributed by atoms with van der Waals surface area (Å²) in [5.41, 5.74) is 4.72. The number of methoxy groups -OCH3 is 1. The zero-order chi connectivity index (χ0) is 31.5. The van der Waals surface area contributed by atoms with Crippen LogP contribution in [0.4, 0.5) is 11.4 Å². The molecule has 1 heterocycles. The number of aliphatic imine (C=N–C) groups is 1. The number of amides is 1. The summed E-state index contributed by atoms with van der Waals surface area (Å²) >= 11 is 17.6. The van der Waals surface area contributed by atoms with E-state index in [4.69, 9.17) is 42.8 Å². The summed E-state index contributed by atoms with van der Waals surface area (Å²) in [5, 5.41) is 10.7. The number of carboxylic acids is 1. The maximum atomic E-state index is 13.8. The maximum Gasteiger partial charge on any atom is 0.335 e. The molecule has 1 fully saturated rings. The van der Waals surface area contributed by atoms with E-state index in [1.165, 1.54) is 35.9 Å². The summed E-state index contributed by atoms with van der Waals surface area (Å²) in [7, 11) is 1.53. The molecule has 224 valence electrons. The molecule has 11 heteroatoms. The number of carboxylic acid groups (broad SMARTS) is 1. The Morgan fingerprint density at radius 1 is 1.00 bits per heavy atom. The highest BCUT2D eigenvalue weighted by Gasteiger charge is 2.35.